The number of amides is 1. The predicted octanol–water partition coefficient (Wildman–Crippen LogP) is 2.03. The van der Waals surface area contributed by atoms with Crippen molar-refractivity contribution in [3.63, 3.8) is 0 Å². The summed E-state index contributed by atoms with van der Waals surface area (Å²) >= 11 is 0. The highest BCUT2D eigenvalue weighted by Gasteiger charge is 2.16. The summed E-state index contributed by atoms with van der Waals surface area (Å²) in [5, 5.41) is 9.84. The van der Waals surface area contributed by atoms with Crippen LogP contribution in [0.4, 0.5) is 11.4 Å². The SMILES string of the molecule is Cc1n[nH]c(C)c1C(=O)Nc1ccc(N2CCN(C)CC2)cc1. The fourth-order valence-electron chi connectivity index (χ4n) is 2.90. The van der Waals surface area contributed by atoms with E-state index in [1.165, 1.54) is 5.69 Å². The van der Waals surface area contributed by atoms with Gasteiger partial charge in [0.15, 0.2) is 0 Å². The molecule has 0 unspecified atom stereocenters. The molecule has 1 aromatic heterocycles. The van der Waals surface area contributed by atoms with Crippen molar-refractivity contribution in [2.45, 2.75) is 13.8 Å². The zero-order valence-corrected chi connectivity index (χ0v) is 13.9. The maximum Gasteiger partial charge on any atom is 0.259 e. The Balaban J connectivity index is 1.67. The van der Waals surface area contributed by atoms with E-state index in [-0.39, 0.29) is 5.91 Å². The summed E-state index contributed by atoms with van der Waals surface area (Å²) in [6, 6.07) is 8.04. The molecular weight excluding hydrogens is 290 g/mol. The number of hydrogen-bond acceptors (Lipinski definition) is 4. The minimum atomic E-state index is -0.124. The fraction of sp³-hybridized carbons (Fsp3) is 0.412. The molecule has 122 valence electrons. The van der Waals surface area contributed by atoms with Crippen molar-refractivity contribution < 1.29 is 4.79 Å². The maximum absolute atomic E-state index is 12.4. The monoisotopic (exact) mass is 313 g/mol. The van der Waals surface area contributed by atoms with Gasteiger partial charge in [-0.25, -0.2) is 0 Å². The standard InChI is InChI=1S/C17H23N5O/c1-12-16(13(2)20-19-12)17(23)18-14-4-6-15(7-5-14)22-10-8-21(3)9-11-22/h4-7H,8-11H2,1-3H3,(H,18,23)(H,19,20). The lowest BCUT2D eigenvalue weighted by Crippen LogP contribution is -2.44. The van der Waals surface area contributed by atoms with Crippen molar-refractivity contribution in [3.05, 3.63) is 41.2 Å². The van der Waals surface area contributed by atoms with Gasteiger partial charge in [-0.3, -0.25) is 9.89 Å². The smallest absolute Gasteiger partial charge is 0.259 e. The molecular formula is C17H23N5O. The van der Waals surface area contributed by atoms with Crippen molar-refractivity contribution in [3.8, 4) is 0 Å². The zero-order valence-electron chi connectivity index (χ0n) is 13.9. The first-order valence-corrected chi connectivity index (χ1v) is 7.91. The summed E-state index contributed by atoms with van der Waals surface area (Å²) in [7, 11) is 2.15. The van der Waals surface area contributed by atoms with E-state index in [1.807, 2.05) is 26.0 Å². The number of H-pyrrole nitrogens is 1. The number of likely N-dealkylation sites (N-methyl/N-ethyl adjacent to an activating group) is 1. The van der Waals surface area contributed by atoms with Crippen molar-refractivity contribution in [1.82, 2.24) is 15.1 Å². The topological polar surface area (TPSA) is 64.3 Å². The largest absolute Gasteiger partial charge is 0.369 e. The van der Waals surface area contributed by atoms with Gasteiger partial charge in [-0.1, -0.05) is 0 Å². The molecule has 2 aromatic rings. The molecule has 3 rings (SSSR count). The van der Waals surface area contributed by atoms with Crippen LogP contribution >= 0.6 is 0 Å². The van der Waals surface area contributed by atoms with Gasteiger partial charge in [0.05, 0.1) is 11.3 Å². The van der Waals surface area contributed by atoms with Crippen LogP contribution in [-0.2, 0) is 0 Å². The van der Waals surface area contributed by atoms with E-state index in [2.05, 4.69) is 44.5 Å². The third-order valence-electron chi connectivity index (χ3n) is 4.35. The normalized spacial score (nSPS) is 15.7. The number of nitrogens with one attached hydrogen (secondary N) is 2. The lowest BCUT2D eigenvalue weighted by atomic mass is 10.1. The van der Waals surface area contributed by atoms with Crippen LogP contribution in [0.1, 0.15) is 21.7 Å². The van der Waals surface area contributed by atoms with Crippen LogP contribution < -0.4 is 10.2 Å². The van der Waals surface area contributed by atoms with E-state index in [0.717, 1.165) is 37.6 Å². The second-order valence-electron chi connectivity index (χ2n) is 6.10. The summed E-state index contributed by atoms with van der Waals surface area (Å²) in [5.41, 5.74) is 4.12. The molecule has 1 amide bonds. The Morgan fingerprint density at radius 2 is 1.78 bits per heavy atom. The highest BCUT2D eigenvalue weighted by atomic mass is 16.1. The van der Waals surface area contributed by atoms with E-state index in [0.29, 0.717) is 11.3 Å². The molecule has 0 saturated carbocycles. The number of piperazine rings is 1. The molecule has 0 aliphatic carbocycles. The average molecular weight is 313 g/mol. The van der Waals surface area contributed by atoms with Gasteiger partial charge in [0.1, 0.15) is 0 Å². The molecule has 2 heterocycles. The molecule has 1 fully saturated rings. The number of aromatic amines is 1. The van der Waals surface area contributed by atoms with Gasteiger partial charge in [-0.15, -0.1) is 0 Å². The summed E-state index contributed by atoms with van der Waals surface area (Å²) in [5.74, 6) is -0.124. The van der Waals surface area contributed by atoms with E-state index >= 15 is 0 Å². The lowest BCUT2D eigenvalue weighted by Gasteiger charge is -2.34. The number of carbonyl (C=O) groups is 1. The van der Waals surface area contributed by atoms with Gasteiger partial charge in [-0.05, 0) is 45.2 Å². The molecule has 1 aromatic carbocycles. The number of carbonyl (C=O) groups excluding carboxylic acids is 1. The number of rotatable bonds is 3. The molecule has 1 saturated heterocycles. The Labute approximate surface area is 136 Å². The number of anilines is 2. The van der Waals surface area contributed by atoms with Gasteiger partial charge in [0.25, 0.3) is 5.91 Å². The molecule has 2 N–H and O–H groups in total. The van der Waals surface area contributed by atoms with Crippen LogP contribution in [0.5, 0.6) is 0 Å². The van der Waals surface area contributed by atoms with Gasteiger partial charge in [0.2, 0.25) is 0 Å². The number of nitrogens with zero attached hydrogens (tertiary/aromatic N) is 3. The predicted molar refractivity (Wildman–Crippen MR) is 92.2 cm³/mol. The first-order valence-electron chi connectivity index (χ1n) is 7.91. The highest BCUT2D eigenvalue weighted by molar-refractivity contribution is 6.05. The Hall–Kier alpha value is -2.34. The number of benzene rings is 1. The summed E-state index contributed by atoms with van der Waals surface area (Å²) in [6.45, 7) is 7.92. The summed E-state index contributed by atoms with van der Waals surface area (Å²) in [4.78, 5) is 17.1. The molecule has 0 spiro atoms. The lowest BCUT2D eigenvalue weighted by molar-refractivity contribution is 0.102. The number of aryl methyl sites for hydroxylation is 2. The minimum absolute atomic E-state index is 0.124. The van der Waals surface area contributed by atoms with E-state index in [1.54, 1.807) is 0 Å². The first kappa shape index (κ1) is 15.6. The molecule has 0 bridgehead atoms. The highest BCUT2D eigenvalue weighted by Crippen LogP contribution is 2.20. The van der Waals surface area contributed by atoms with Crippen LogP contribution in [-0.4, -0.2) is 54.2 Å². The van der Waals surface area contributed by atoms with Crippen molar-refractivity contribution in [1.29, 1.82) is 0 Å². The van der Waals surface area contributed by atoms with Gasteiger partial charge in [-0.2, -0.15) is 5.10 Å². The van der Waals surface area contributed by atoms with Crippen LogP contribution in [0.2, 0.25) is 0 Å². The Morgan fingerprint density at radius 3 is 2.35 bits per heavy atom. The molecule has 6 nitrogen and oxygen atoms in total. The second kappa shape index (κ2) is 6.42. The molecule has 23 heavy (non-hydrogen) atoms. The van der Waals surface area contributed by atoms with Crippen molar-refractivity contribution in [2.75, 3.05) is 43.4 Å². The van der Waals surface area contributed by atoms with E-state index in [4.69, 9.17) is 0 Å². The van der Waals surface area contributed by atoms with Crippen LogP contribution in [0.15, 0.2) is 24.3 Å². The zero-order chi connectivity index (χ0) is 16.4. The molecule has 6 heteroatoms. The van der Waals surface area contributed by atoms with Gasteiger partial charge in [0, 0.05) is 43.2 Å². The molecule has 1 aliphatic rings. The third kappa shape index (κ3) is 3.37. The van der Waals surface area contributed by atoms with Gasteiger partial charge >= 0.3 is 0 Å². The Morgan fingerprint density at radius 1 is 1.13 bits per heavy atom. The van der Waals surface area contributed by atoms with Crippen molar-refractivity contribution >= 4 is 17.3 Å². The van der Waals surface area contributed by atoms with Gasteiger partial charge < -0.3 is 15.1 Å². The van der Waals surface area contributed by atoms with Crippen LogP contribution in [0.25, 0.3) is 0 Å². The average Bonchev–Trinajstić information content (AvgIpc) is 2.88. The summed E-state index contributed by atoms with van der Waals surface area (Å²) in [6.07, 6.45) is 0. The Kier molecular flexibility index (Phi) is 4.34. The summed E-state index contributed by atoms with van der Waals surface area (Å²) < 4.78 is 0. The fourth-order valence-corrected chi connectivity index (χ4v) is 2.90. The number of aromatic nitrogens is 2. The van der Waals surface area contributed by atoms with E-state index < -0.39 is 0 Å². The van der Waals surface area contributed by atoms with Crippen LogP contribution in [0.3, 0.4) is 0 Å². The quantitative estimate of drug-likeness (QED) is 0.910. The second-order valence-corrected chi connectivity index (χ2v) is 6.10. The van der Waals surface area contributed by atoms with E-state index in [9.17, 15) is 4.79 Å². The molecule has 0 atom stereocenters. The first-order chi connectivity index (χ1) is 11.0. The minimum Gasteiger partial charge on any atom is -0.369 e. The van der Waals surface area contributed by atoms with Crippen LogP contribution in [0, 0.1) is 13.8 Å². The van der Waals surface area contributed by atoms with Crippen molar-refractivity contribution in [2.24, 2.45) is 0 Å². The number of hydrogen-bond donors (Lipinski definition) is 2. The molecule has 1 aliphatic heterocycles. The third-order valence-corrected chi connectivity index (χ3v) is 4.35. The maximum atomic E-state index is 12.4. The Bertz CT molecular complexity index is 664. The molecule has 0 radical (unpaired) electrons.